The number of fused-ring (bicyclic) bond motifs is 1. The minimum Gasteiger partial charge on any atom is -0.368 e. The van der Waals surface area contributed by atoms with Crippen molar-refractivity contribution < 1.29 is 17.2 Å². The van der Waals surface area contributed by atoms with Gasteiger partial charge in [-0.05, 0) is 38.2 Å². The van der Waals surface area contributed by atoms with E-state index in [1.165, 1.54) is 16.4 Å². The molecule has 4 aliphatic rings. The molecule has 6 atom stereocenters. The monoisotopic (exact) mass is 501 g/mol. The summed E-state index contributed by atoms with van der Waals surface area (Å²) < 4.78 is 60.8. The summed E-state index contributed by atoms with van der Waals surface area (Å²) in [5, 5.41) is 7.17. The topological polar surface area (TPSA) is 71.3 Å². The molecule has 0 spiro atoms. The van der Waals surface area contributed by atoms with Crippen LogP contribution in [0.25, 0.3) is 0 Å². The number of anilines is 1. The number of aromatic nitrogens is 3. The molecule has 2 aromatic rings. The summed E-state index contributed by atoms with van der Waals surface area (Å²) in [6.45, 7) is 2.98. The first-order chi connectivity index (χ1) is 16.8. The normalized spacial score (nSPS) is 33.7. The van der Waals surface area contributed by atoms with Crippen molar-refractivity contribution >= 4 is 15.7 Å². The number of benzene rings is 1. The molecule has 7 nitrogen and oxygen atoms in total. The van der Waals surface area contributed by atoms with Crippen LogP contribution in [0.2, 0.25) is 0 Å². The Morgan fingerprint density at radius 1 is 1.03 bits per heavy atom. The summed E-state index contributed by atoms with van der Waals surface area (Å²) in [7, 11) is -3.66. The van der Waals surface area contributed by atoms with Gasteiger partial charge in [-0.25, -0.2) is 17.2 Å². The standard InChI is InChI=1S/C25H29F2N5O2S/c1-16-7-8-24(17-5-3-2-4-6-17)35(33,34)32(16)11-18-9-22(27)23(10-21(18)26)30-12-19-20(13-30)25(19)31-14-28-29-15-31/h2-5,9-10,14-17,19-20,24-25H,6-8,11-13H2,1H3/t16-,17?,19-,20+,24+,25+/m0/s1. The van der Waals surface area contributed by atoms with Gasteiger partial charge in [-0.15, -0.1) is 10.2 Å². The van der Waals surface area contributed by atoms with E-state index >= 15 is 8.78 Å². The Morgan fingerprint density at radius 2 is 1.77 bits per heavy atom. The van der Waals surface area contributed by atoms with E-state index in [0.29, 0.717) is 50.2 Å². The van der Waals surface area contributed by atoms with Gasteiger partial charge in [-0.3, -0.25) is 0 Å². The van der Waals surface area contributed by atoms with Gasteiger partial charge in [0.05, 0.1) is 10.9 Å². The molecule has 3 heterocycles. The fourth-order valence-corrected chi connectivity index (χ4v) is 8.64. The number of hydrogen-bond donors (Lipinski definition) is 0. The number of rotatable bonds is 5. The predicted octanol–water partition coefficient (Wildman–Crippen LogP) is 3.68. The number of halogens is 2. The quantitative estimate of drug-likeness (QED) is 0.625. The molecule has 1 saturated carbocycles. The first-order valence-electron chi connectivity index (χ1n) is 12.3. The first kappa shape index (κ1) is 22.8. The molecule has 186 valence electrons. The third-order valence-electron chi connectivity index (χ3n) is 8.27. The lowest BCUT2D eigenvalue weighted by atomic mass is 9.93. The molecule has 2 aliphatic carbocycles. The van der Waals surface area contributed by atoms with Crippen molar-refractivity contribution in [1.82, 2.24) is 19.1 Å². The Labute approximate surface area is 204 Å². The highest BCUT2D eigenvalue weighted by Gasteiger charge is 2.57. The minimum atomic E-state index is -3.66. The van der Waals surface area contributed by atoms with E-state index in [1.54, 1.807) is 12.7 Å². The molecule has 6 rings (SSSR count). The highest BCUT2D eigenvalue weighted by atomic mass is 32.2. The van der Waals surface area contributed by atoms with Gasteiger partial charge in [0.1, 0.15) is 24.3 Å². The van der Waals surface area contributed by atoms with E-state index in [1.807, 2.05) is 40.7 Å². The van der Waals surface area contributed by atoms with E-state index in [4.69, 9.17) is 0 Å². The second kappa shape index (κ2) is 8.51. The Balaban J connectivity index is 1.19. The average molecular weight is 502 g/mol. The first-order valence-corrected chi connectivity index (χ1v) is 13.8. The van der Waals surface area contributed by atoms with Crippen LogP contribution in [0.1, 0.15) is 37.8 Å². The van der Waals surface area contributed by atoms with E-state index in [0.717, 1.165) is 0 Å². The SMILES string of the molecule is C[C@H]1CC[C@H](C2C=CC=CC2)S(=O)(=O)N1Cc1cc(F)c(N2C[C@@H]3[C@H](C2)[C@H]3n2cnnc2)cc1F. The van der Waals surface area contributed by atoms with Crippen LogP contribution >= 0.6 is 0 Å². The van der Waals surface area contributed by atoms with Crippen molar-refractivity contribution in [2.75, 3.05) is 18.0 Å². The number of hydrogen-bond acceptors (Lipinski definition) is 5. The molecule has 3 fully saturated rings. The molecule has 0 radical (unpaired) electrons. The zero-order chi connectivity index (χ0) is 24.3. The smallest absolute Gasteiger partial charge is 0.218 e. The van der Waals surface area contributed by atoms with Crippen molar-refractivity contribution in [1.29, 1.82) is 0 Å². The Hall–Kier alpha value is -2.59. The van der Waals surface area contributed by atoms with Crippen molar-refractivity contribution in [2.45, 2.75) is 50.1 Å². The maximum atomic E-state index is 15.2. The Morgan fingerprint density at radius 3 is 2.46 bits per heavy atom. The van der Waals surface area contributed by atoms with Crippen molar-refractivity contribution in [3.05, 3.63) is 66.3 Å². The van der Waals surface area contributed by atoms with Crippen LogP contribution in [-0.4, -0.2) is 51.9 Å². The van der Waals surface area contributed by atoms with E-state index < -0.39 is 26.9 Å². The fraction of sp³-hybridized carbons (Fsp3) is 0.520. The van der Waals surface area contributed by atoms with Crippen LogP contribution in [0, 0.1) is 29.4 Å². The molecule has 1 aromatic carbocycles. The van der Waals surface area contributed by atoms with Crippen LogP contribution in [0.5, 0.6) is 0 Å². The molecule has 0 amide bonds. The van der Waals surface area contributed by atoms with Gasteiger partial charge in [0.25, 0.3) is 0 Å². The van der Waals surface area contributed by atoms with Gasteiger partial charge in [-0.2, -0.15) is 4.31 Å². The Kier molecular flexibility index (Phi) is 5.56. The van der Waals surface area contributed by atoms with Gasteiger partial charge in [0.15, 0.2) is 0 Å². The predicted molar refractivity (Wildman–Crippen MR) is 128 cm³/mol. The summed E-state index contributed by atoms with van der Waals surface area (Å²) in [5.41, 5.74) is 0.320. The maximum absolute atomic E-state index is 15.2. The summed E-state index contributed by atoms with van der Waals surface area (Å²) in [4.78, 5) is 1.89. The zero-order valence-corrected chi connectivity index (χ0v) is 20.4. The van der Waals surface area contributed by atoms with Crippen LogP contribution in [0.4, 0.5) is 14.5 Å². The largest absolute Gasteiger partial charge is 0.368 e. The van der Waals surface area contributed by atoms with Crippen molar-refractivity contribution in [3.63, 3.8) is 0 Å². The zero-order valence-electron chi connectivity index (χ0n) is 19.5. The maximum Gasteiger partial charge on any atom is 0.218 e. The molecule has 35 heavy (non-hydrogen) atoms. The van der Waals surface area contributed by atoms with Crippen LogP contribution in [-0.2, 0) is 16.6 Å². The van der Waals surface area contributed by atoms with Gasteiger partial charge in [0, 0.05) is 55.2 Å². The Bertz CT molecular complexity index is 1270. The highest BCUT2D eigenvalue weighted by molar-refractivity contribution is 7.89. The average Bonchev–Trinajstić information content (AvgIpc) is 3.21. The van der Waals surface area contributed by atoms with Crippen LogP contribution < -0.4 is 4.90 Å². The number of piperidine rings is 1. The fourth-order valence-electron chi connectivity index (χ4n) is 6.28. The molecule has 1 unspecified atom stereocenters. The van der Waals surface area contributed by atoms with Gasteiger partial charge < -0.3 is 9.47 Å². The van der Waals surface area contributed by atoms with Crippen molar-refractivity contribution in [2.24, 2.45) is 17.8 Å². The molecule has 2 aliphatic heterocycles. The number of nitrogens with zero attached hydrogens (tertiary/aromatic N) is 5. The van der Waals surface area contributed by atoms with E-state index in [9.17, 15) is 8.42 Å². The molecule has 2 saturated heterocycles. The summed E-state index contributed by atoms with van der Waals surface area (Å²) in [5.74, 6) is -0.432. The summed E-state index contributed by atoms with van der Waals surface area (Å²) in [6, 6.07) is 2.47. The molecule has 10 heteroatoms. The minimum absolute atomic E-state index is 0.0770. The lowest BCUT2D eigenvalue weighted by molar-refractivity contribution is 0.267. The second-order valence-electron chi connectivity index (χ2n) is 10.3. The second-order valence-corrected chi connectivity index (χ2v) is 12.4. The molecule has 1 aromatic heterocycles. The van der Waals surface area contributed by atoms with E-state index in [-0.39, 0.29) is 29.8 Å². The van der Waals surface area contributed by atoms with Gasteiger partial charge >= 0.3 is 0 Å². The number of sulfonamides is 1. The van der Waals surface area contributed by atoms with Crippen LogP contribution in [0.15, 0.2) is 49.1 Å². The molecular weight excluding hydrogens is 472 g/mol. The van der Waals surface area contributed by atoms with E-state index in [2.05, 4.69) is 10.2 Å². The third-order valence-corrected chi connectivity index (χ3v) is 10.8. The lowest BCUT2D eigenvalue weighted by Gasteiger charge is -2.40. The summed E-state index contributed by atoms with van der Waals surface area (Å²) >= 11 is 0. The highest BCUT2D eigenvalue weighted by Crippen LogP contribution is 2.56. The van der Waals surface area contributed by atoms with Crippen LogP contribution in [0.3, 0.4) is 0 Å². The van der Waals surface area contributed by atoms with Gasteiger partial charge in [-0.1, -0.05) is 24.3 Å². The lowest BCUT2D eigenvalue weighted by Crippen LogP contribution is -2.50. The van der Waals surface area contributed by atoms with Crippen molar-refractivity contribution in [3.8, 4) is 0 Å². The molecule has 0 bridgehead atoms. The molecule has 0 N–H and O–H groups in total. The number of allylic oxidation sites excluding steroid dienone is 4. The molecular formula is C25H29F2N5O2S. The summed E-state index contributed by atoms with van der Waals surface area (Å²) in [6.07, 6.45) is 13.1. The van der Waals surface area contributed by atoms with Gasteiger partial charge in [0.2, 0.25) is 10.0 Å². The third kappa shape index (κ3) is 3.91.